The van der Waals surface area contributed by atoms with Gasteiger partial charge < -0.3 is 18.9 Å². The molecule has 0 atom stereocenters. The third-order valence-electron chi connectivity index (χ3n) is 4.24. The van der Waals surface area contributed by atoms with Crippen molar-refractivity contribution in [3.63, 3.8) is 0 Å². The molecular formula is C21H21FO6. The monoisotopic (exact) mass is 388 g/mol. The van der Waals surface area contributed by atoms with E-state index in [-0.39, 0.29) is 31.0 Å². The molecule has 0 aliphatic carbocycles. The maximum Gasteiger partial charge on any atom is 0.306 e. The summed E-state index contributed by atoms with van der Waals surface area (Å²) in [5.41, 5.74) is 0.954. The number of hydrogen-bond donors (Lipinski definition) is 0. The quantitative estimate of drug-likeness (QED) is 0.532. The van der Waals surface area contributed by atoms with Gasteiger partial charge in [0.2, 0.25) is 0 Å². The van der Waals surface area contributed by atoms with Crippen LogP contribution in [0.4, 0.5) is 4.39 Å². The average molecular weight is 388 g/mol. The Labute approximate surface area is 162 Å². The summed E-state index contributed by atoms with van der Waals surface area (Å²) in [7, 11) is 1.37. The maximum atomic E-state index is 13.6. The van der Waals surface area contributed by atoms with Gasteiger partial charge in [0.1, 0.15) is 6.61 Å². The molecule has 1 heterocycles. The average Bonchev–Trinajstić information content (AvgIpc) is 2.95. The van der Waals surface area contributed by atoms with Crippen molar-refractivity contribution in [2.45, 2.75) is 25.9 Å². The first kappa shape index (κ1) is 19.7. The standard InChI is InChI=1S/C21H21FO6/c1-25-18-6-3-14(11-16(18)22)13-28-21(24)8-5-17(23)15-4-7-19-20(12-15)27-10-2-9-26-19/h3-4,6-7,11-12H,2,5,8-10,13H2,1H3. The molecular weight excluding hydrogens is 367 g/mol. The normalized spacial score (nSPS) is 12.8. The van der Waals surface area contributed by atoms with Crippen LogP contribution >= 0.6 is 0 Å². The number of ether oxygens (including phenoxy) is 4. The van der Waals surface area contributed by atoms with E-state index in [9.17, 15) is 14.0 Å². The fourth-order valence-electron chi connectivity index (χ4n) is 2.73. The third kappa shape index (κ3) is 5.00. The van der Waals surface area contributed by atoms with Gasteiger partial charge in [-0.15, -0.1) is 0 Å². The van der Waals surface area contributed by atoms with Gasteiger partial charge in [-0.25, -0.2) is 4.39 Å². The van der Waals surface area contributed by atoms with Crippen molar-refractivity contribution in [3.05, 3.63) is 53.3 Å². The maximum absolute atomic E-state index is 13.6. The first-order chi connectivity index (χ1) is 13.6. The van der Waals surface area contributed by atoms with E-state index >= 15 is 0 Å². The Hall–Kier alpha value is -3.09. The molecule has 6 nitrogen and oxygen atoms in total. The van der Waals surface area contributed by atoms with Gasteiger partial charge >= 0.3 is 5.97 Å². The SMILES string of the molecule is COc1ccc(COC(=O)CCC(=O)c2ccc3c(c2)OCCCO3)cc1F. The van der Waals surface area contributed by atoms with Crippen LogP contribution in [0.5, 0.6) is 17.2 Å². The predicted molar refractivity (Wildman–Crippen MR) is 98.4 cm³/mol. The first-order valence-electron chi connectivity index (χ1n) is 8.97. The molecule has 2 aromatic rings. The predicted octanol–water partition coefficient (Wildman–Crippen LogP) is 3.70. The molecule has 0 spiro atoms. The molecule has 0 N–H and O–H groups in total. The molecule has 148 valence electrons. The molecule has 0 saturated carbocycles. The Morgan fingerprint density at radius 1 is 1.04 bits per heavy atom. The van der Waals surface area contributed by atoms with Crippen LogP contribution in [-0.4, -0.2) is 32.1 Å². The van der Waals surface area contributed by atoms with Gasteiger partial charge in [0.15, 0.2) is 28.8 Å². The van der Waals surface area contributed by atoms with Crippen molar-refractivity contribution >= 4 is 11.8 Å². The second-order valence-corrected chi connectivity index (χ2v) is 6.26. The molecule has 0 amide bonds. The number of hydrogen-bond acceptors (Lipinski definition) is 6. The Bertz CT molecular complexity index is 864. The van der Waals surface area contributed by atoms with Gasteiger partial charge in [-0.1, -0.05) is 6.07 Å². The molecule has 7 heteroatoms. The summed E-state index contributed by atoms with van der Waals surface area (Å²) in [5, 5.41) is 0. The van der Waals surface area contributed by atoms with Gasteiger partial charge in [0.25, 0.3) is 0 Å². The van der Waals surface area contributed by atoms with Crippen molar-refractivity contribution in [3.8, 4) is 17.2 Å². The van der Waals surface area contributed by atoms with Crippen LogP contribution in [0.2, 0.25) is 0 Å². The lowest BCUT2D eigenvalue weighted by atomic mass is 10.1. The van der Waals surface area contributed by atoms with E-state index in [2.05, 4.69) is 0 Å². The van der Waals surface area contributed by atoms with Crippen molar-refractivity contribution in [2.24, 2.45) is 0 Å². The minimum absolute atomic E-state index is 0.00938. The molecule has 0 fully saturated rings. The first-order valence-corrected chi connectivity index (χ1v) is 8.97. The van der Waals surface area contributed by atoms with Gasteiger partial charge in [-0.3, -0.25) is 9.59 Å². The highest BCUT2D eigenvalue weighted by Crippen LogP contribution is 2.30. The Morgan fingerprint density at radius 3 is 2.57 bits per heavy atom. The minimum Gasteiger partial charge on any atom is -0.494 e. The van der Waals surface area contributed by atoms with Crippen LogP contribution < -0.4 is 14.2 Å². The fourth-order valence-corrected chi connectivity index (χ4v) is 2.73. The Morgan fingerprint density at radius 2 is 1.82 bits per heavy atom. The highest BCUT2D eigenvalue weighted by molar-refractivity contribution is 5.98. The highest BCUT2D eigenvalue weighted by atomic mass is 19.1. The summed E-state index contributed by atoms with van der Waals surface area (Å²) >= 11 is 0. The zero-order chi connectivity index (χ0) is 19.9. The van der Waals surface area contributed by atoms with E-state index in [0.29, 0.717) is 35.8 Å². The number of halogens is 1. The van der Waals surface area contributed by atoms with Crippen molar-refractivity contribution in [2.75, 3.05) is 20.3 Å². The summed E-state index contributed by atoms with van der Waals surface area (Å²) in [4.78, 5) is 24.2. The summed E-state index contributed by atoms with van der Waals surface area (Å²) < 4.78 is 34.7. The van der Waals surface area contributed by atoms with Gasteiger partial charge in [-0.2, -0.15) is 0 Å². The molecule has 1 aliphatic rings. The second kappa shape index (κ2) is 9.21. The zero-order valence-corrected chi connectivity index (χ0v) is 15.5. The molecule has 2 aromatic carbocycles. The molecule has 0 aromatic heterocycles. The largest absolute Gasteiger partial charge is 0.494 e. The van der Waals surface area contributed by atoms with Crippen LogP contribution in [0.25, 0.3) is 0 Å². The van der Waals surface area contributed by atoms with Crippen molar-refractivity contribution in [1.29, 1.82) is 0 Å². The third-order valence-corrected chi connectivity index (χ3v) is 4.24. The van der Waals surface area contributed by atoms with Crippen LogP contribution in [0, 0.1) is 5.82 Å². The number of methoxy groups -OCH3 is 1. The molecule has 0 saturated heterocycles. The number of carbonyl (C=O) groups excluding carboxylic acids is 2. The van der Waals surface area contributed by atoms with Gasteiger partial charge in [0.05, 0.1) is 26.7 Å². The van der Waals surface area contributed by atoms with E-state index in [4.69, 9.17) is 18.9 Å². The van der Waals surface area contributed by atoms with Gasteiger partial charge in [0, 0.05) is 18.4 Å². The smallest absolute Gasteiger partial charge is 0.306 e. The minimum atomic E-state index is -0.529. The lowest BCUT2D eigenvalue weighted by molar-refractivity contribution is -0.144. The molecule has 0 radical (unpaired) electrons. The number of Topliss-reactive ketones (excluding diaryl/α,β-unsaturated/α-hetero) is 1. The number of fused-ring (bicyclic) bond motifs is 1. The molecule has 28 heavy (non-hydrogen) atoms. The van der Waals surface area contributed by atoms with Crippen molar-refractivity contribution in [1.82, 2.24) is 0 Å². The number of rotatable bonds is 7. The van der Waals surface area contributed by atoms with E-state index in [1.165, 1.54) is 19.2 Å². The van der Waals surface area contributed by atoms with E-state index in [1.807, 2.05) is 0 Å². The lowest BCUT2D eigenvalue weighted by Crippen LogP contribution is -2.08. The number of ketones is 1. The molecule has 1 aliphatic heterocycles. The molecule has 3 rings (SSSR count). The number of esters is 1. The summed E-state index contributed by atoms with van der Waals surface area (Å²) in [5.74, 6) is 0.0195. The van der Waals surface area contributed by atoms with Gasteiger partial charge in [-0.05, 0) is 35.9 Å². The van der Waals surface area contributed by atoms with Crippen LogP contribution in [-0.2, 0) is 16.1 Å². The van der Waals surface area contributed by atoms with E-state index in [1.54, 1.807) is 24.3 Å². The van der Waals surface area contributed by atoms with Crippen LogP contribution in [0.15, 0.2) is 36.4 Å². The van der Waals surface area contributed by atoms with Crippen LogP contribution in [0.1, 0.15) is 35.2 Å². The molecule has 0 unspecified atom stereocenters. The van der Waals surface area contributed by atoms with E-state index in [0.717, 1.165) is 6.42 Å². The lowest BCUT2D eigenvalue weighted by Gasteiger charge is -2.09. The summed E-state index contributed by atoms with van der Waals surface area (Å²) in [6.07, 6.45) is 0.725. The van der Waals surface area contributed by atoms with Crippen molar-refractivity contribution < 1.29 is 32.9 Å². The number of carbonyl (C=O) groups is 2. The topological polar surface area (TPSA) is 71.1 Å². The van der Waals surface area contributed by atoms with Crippen LogP contribution in [0.3, 0.4) is 0 Å². The zero-order valence-electron chi connectivity index (χ0n) is 15.5. The second-order valence-electron chi connectivity index (χ2n) is 6.26. The summed E-state index contributed by atoms with van der Waals surface area (Å²) in [6.45, 7) is 1.03. The number of benzene rings is 2. The fraction of sp³-hybridized carbons (Fsp3) is 0.333. The molecule has 0 bridgehead atoms. The Kier molecular flexibility index (Phi) is 6.47. The van der Waals surface area contributed by atoms with E-state index < -0.39 is 11.8 Å². The summed E-state index contributed by atoms with van der Waals surface area (Å²) in [6, 6.07) is 9.31. The Balaban J connectivity index is 1.49. The highest BCUT2D eigenvalue weighted by Gasteiger charge is 2.16.